The number of halogens is 1. The first-order valence-electron chi connectivity index (χ1n) is 8.79. The number of likely N-dealkylation sites (tertiary alicyclic amines) is 1. The van der Waals surface area contributed by atoms with Crippen molar-refractivity contribution in [2.24, 2.45) is 0 Å². The van der Waals surface area contributed by atoms with E-state index < -0.39 is 0 Å². The maximum Gasteiger partial charge on any atom is 0.187 e. The predicted octanol–water partition coefficient (Wildman–Crippen LogP) is 0.101. The van der Waals surface area contributed by atoms with Crippen LogP contribution in [-0.4, -0.2) is 55.3 Å². The van der Waals surface area contributed by atoms with Crippen LogP contribution in [0.25, 0.3) is 12.2 Å². The Morgan fingerprint density at radius 2 is 1.28 bits per heavy atom. The molecule has 2 N–H and O–H groups in total. The highest BCUT2D eigenvalue weighted by atomic mass is 35.5. The number of phenolic OH excluding ortho intramolecular Hbond substituents is 2. The molecular weight excluding hydrogens is 394 g/mol. The maximum atomic E-state index is 13.0. The van der Waals surface area contributed by atoms with Crippen molar-refractivity contribution in [3.63, 3.8) is 0 Å². The van der Waals surface area contributed by atoms with Crippen molar-refractivity contribution in [3.8, 4) is 23.0 Å². The number of phenols is 2. The molecule has 7 heteroatoms. The number of carbonyl (C=O) groups is 1. The fourth-order valence-corrected chi connectivity index (χ4v) is 3.21. The Hall–Kier alpha value is -2.96. The number of benzene rings is 2. The first kappa shape index (κ1) is 22.3. The topological polar surface area (TPSA) is 79.2 Å². The van der Waals surface area contributed by atoms with E-state index >= 15 is 0 Å². The van der Waals surface area contributed by atoms with Crippen LogP contribution in [0.15, 0.2) is 47.5 Å². The van der Waals surface area contributed by atoms with Gasteiger partial charge in [-0.25, -0.2) is 0 Å². The van der Waals surface area contributed by atoms with Gasteiger partial charge in [-0.3, -0.25) is 9.69 Å². The highest BCUT2D eigenvalue weighted by Crippen LogP contribution is 2.30. The van der Waals surface area contributed by atoms with Crippen LogP contribution in [0.5, 0.6) is 23.0 Å². The average molecular weight is 417 g/mol. The average Bonchev–Trinajstić information content (AvgIpc) is 2.66. The van der Waals surface area contributed by atoms with E-state index in [2.05, 4.69) is 0 Å². The molecule has 0 radical (unpaired) electrons. The molecule has 0 spiro atoms. The molecule has 1 heterocycles. The van der Waals surface area contributed by atoms with Crippen LogP contribution in [0.1, 0.15) is 11.1 Å². The molecule has 154 valence electrons. The Kier molecular flexibility index (Phi) is 7.31. The number of piperidine rings is 1. The second-order valence-electron chi connectivity index (χ2n) is 6.70. The number of carbonyl (C=O) groups excluding carboxylic acids is 1. The molecule has 0 atom stereocenters. The van der Waals surface area contributed by atoms with Gasteiger partial charge in [0, 0.05) is 24.2 Å². The van der Waals surface area contributed by atoms with E-state index in [1.165, 1.54) is 14.2 Å². The number of likely N-dealkylation sites (N-methyl/N-ethyl adjacent to an activating group) is 1. The van der Waals surface area contributed by atoms with E-state index in [9.17, 15) is 15.0 Å². The number of aromatic hydroxyl groups is 2. The SMILES string of the molecule is COc1ccc(/C=C2\CN(C)C/C(=C\c3ccc(OC)c(O)c3)C2=O)cc1O.[Cl-]. The molecule has 0 saturated carbocycles. The summed E-state index contributed by atoms with van der Waals surface area (Å²) in [5.41, 5.74) is 2.70. The normalized spacial score (nSPS) is 17.3. The van der Waals surface area contributed by atoms with Gasteiger partial charge in [-0.15, -0.1) is 0 Å². The molecule has 29 heavy (non-hydrogen) atoms. The number of hydrogen-bond donors (Lipinski definition) is 2. The summed E-state index contributed by atoms with van der Waals surface area (Å²) in [6.45, 7) is 1.02. The number of Topliss-reactive ketones (excluding diaryl/α,β-unsaturated/α-hetero) is 1. The van der Waals surface area contributed by atoms with Crippen molar-refractivity contribution < 1.29 is 36.9 Å². The van der Waals surface area contributed by atoms with Crippen molar-refractivity contribution in [2.45, 2.75) is 0 Å². The number of hydrogen-bond acceptors (Lipinski definition) is 6. The minimum atomic E-state index is -0.0521. The monoisotopic (exact) mass is 416 g/mol. The number of ketones is 1. The summed E-state index contributed by atoms with van der Waals surface area (Å²) in [4.78, 5) is 15.0. The van der Waals surface area contributed by atoms with Crippen molar-refractivity contribution >= 4 is 17.9 Å². The van der Waals surface area contributed by atoms with Crippen LogP contribution in [-0.2, 0) is 4.79 Å². The van der Waals surface area contributed by atoms with Gasteiger partial charge < -0.3 is 32.1 Å². The summed E-state index contributed by atoms with van der Waals surface area (Å²) < 4.78 is 10.1. The van der Waals surface area contributed by atoms with Gasteiger partial charge in [0.1, 0.15) is 0 Å². The second kappa shape index (κ2) is 9.49. The van der Waals surface area contributed by atoms with Gasteiger partial charge >= 0.3 is 0 Å². The molecule has 1 aliphatic heterocycles. The second-order valence-corrected chi connectivity index (χ2v) is 6.70. The molecule has 0 amide bonds. The fraction of sp³-hybridized carbons (Fsp3) is 0.227. The lowest BCUT2D eigenvalue weighted by Gasteiger charge is -2.26. The molecule has 1 saturated heterocycles. The largest absolute Gasteiger partial charge is 1.00 e. The third-order valence-electron chi connectivity index (χ3n) is 4.55. The maximum absolute atomic E-state index is 13.0. The number of methoxy groups -OCH3 is 2. The summed E-state index contributed by atoms with van der Waals surface area (Å²) in [6, 6.07) is 10.0. The Bertz CT molecular complexity index is 892. The van der Waals surface area contributed by atoms with Gasteiger partial charge in [-0.2, -0.15) is 0 Å². The van der Waals surface area contributed by atoms with Gasteiger partial charge in [0.2, 0.25) is 0 Å². The van der Waals surface area contributed by atoms with E-state index in [1.807, 2.05) is 11.9 Å². The Morgan fingerprint density at radius 3 is 1.62 bits per heavy atom. The minimum absolute atomic E-state index is 0. The highest BCUT2D eigenvalue weighted by Gasteiger charge is 2.24. The van der Waals surface area contributed by atoms with Crippen LogP contribution in [0, 0.1) is 0 Å². The third-order valence-corrected chi connectivity index (χ3v) is 4.55. The van der Waals surface area contributed by atoms with Crippen molar-refractivity contribution in [1.29, 1.82) is 0 Å². The standard InChI is InChI=1S/C22H23NO5.ClH/c1-23-12-16(8-14-4-6-20(27-2)18(24)10-14)22(26)17(13-23)9-15-5-7-21(28-3)19(25)11-15;/h4-11,24-25H,12-13H2,1-3H3;1H/p-1/b16-8+,17-9+;. The Morgan fingerprint density at radius 1 is 0.862 bits per heavy atom. The van der Waals surface area contributed by atoms with Crippen LogP contribution in [0.3, 0.4) is 0 Å². The van der Waals surface area contributed by atoms with Gasteiger partial charge in [0.15, 0.2) is 28.8 Å². The molecule has 0 unspecified atom stereocenters. The third kappa shape index (κ3) is 5.10. The van der Waals surface area contributed by atoms with Crippen LogP contribution >= 0.6 is 0 Å². The molecule has 2 aromatic rings. The Balaban J connectivity index is 0.00000300. The zero-order valence-corrected chi connectivity index (χ0v) is 17.2. The molecule has 0 aromatic heterocycles. The lowest BCUT2D eigenvalue weighted by atomic mass is 9.94. The van der Waals surface area contributed by atoms with Crippen molar-refractivity contribution in [1.82, 2.24) is 4.90 Å². The van der Waals surface area contributed by atoms with Gasteiger partial charge in [0.25, 0.3) is 0 Å². The molecular formula is C22H23ClNO5-. The smallest absolute Gasteiger partial charge is 0.187 e. The molecule has 0 bridgehead atoms. The van der Waals surface area contributed by atoms with E-state index in [-0.39, 0.29) is 29.7 Å². The van der Waals surface area contributed by atoms with Crippen molar-refractivity contribution in [2.75, 3.05) is 34.4 Å². The highest BCUT2D eigenvalue weighted by molar-refractivity contribution is 6.14. The molecule has 6 nitrogen and oxygen atoms in total. The summed E-state index contributed by atoms with van der Waals surface area (Å²) in [5.74, 6) is 0.767. The summed E-state index contributed by atoms with van der Waals surface area (Å²) in [6.07, 6.45) is 3.55. The lowest BCUT2D eigenvalue weighted by molar-refractivity contribution is -0.113. The fourth-order valence-electron chi connectivity index (χ4n) is 3.21. The lowest BCUT2D eigenvalue weighted by Crippen LogP contribution is -3.00. The molecule has 1 aliphatic rings. The summed E-state index contributed by atoms with van der Waals surface area (Å²) in [7, 11) is 4.91. The van der Waals surface area contributed by atoms with Gasteiger partial charge in [-0.1, -0.05) is 12.1 Å². The van der Waals surface area contributed by atoms with Crippen LogP contribution in [0.4, 0.5) is 0 Å². The molecule has 3 rings (SSSR count). The first-order chi connectivity index (χ1) is 13.4. The minimum Gasteiger partial charge on any atom is -1.00 e. The van der Waals surface area contributed by atoms with Crippen LogP contribution in [0.2, 0.25) is 0 Å². The quantitative estimate of drug-likeness (QED) is 0.688. The number of nitrogens with zero attached hydrogens (tertiary/aromatic N) is 1. The zero-order valence-electron chi connectivity index (χ0n) is 16.5. The van der Waals surface area contributed by atoms with E-state index in [4.69, 9.17) is 9.47 Å². The van der Waals surface area contributed by atoms with E-state index in [0.717, 1.165) is 11.1 Å². The van der Waals surface area contributed by atoms with Crippen LogP contribution < -0.4 is 21.9 Å². The van der Waals surface area contributed by atoms with E-state index in [0.29, 0.717) is 35.7 Å². The Labute approximate surface area is 176 Å². The molecule has 0 aliphatic carbocycles. The molecule has 2 aromatic carbocycles. The van der Waals surface area contributed by atoms with Gasteiger partial charge in [0.05, 0.1) is 14.2 Å². The summed E-state index contributed by atoms with van der Waals surface area (Å²) in [5, 5.41) is 19.9. The van der Waals surface area contributed by atoms with Crippen molar-refractivity contribution in [3.05, 3.63) is 58.7 Å². The first-order valence-corrected chi connectivity index (χ1v) is 8.79. The molecule has 1 fully saturated rings. The number of ether oxygens (including phenoxy) is 2. The summed E-state index contributed by atoms with van der Waals surface area (Å²) >= 11 is 0. The van der Waals surface area contributed by atoms with E-state index in [1.54, 1.807) is 48.6 Å². The number of rotatable bonds is 4. The van der Waals surface area contributed by atoms with Gasteiger partial charge in [-0.05, 0) is 54.6 Å². The zero-order chi connectivity index (χ0) is 20.3. The predicted molar refractivity (Wildman–Crippen MR) is 108 cm³/mol.